The van der Waals surface area contributed by atoms with Crippen LogP contribution in [0, 0.1) is 0 Å². The van der Waals surface area contributed by atoms with Crippen molar-refractivity contribution in [3.8, 4) is 0 Å². The fourth-order valence-corrected chi connectivity index (χ4v) is 2.95. The summed E-state index contributed by atoms with van der Waals surface area (Å²) in [6, 6.07) is 10.7. The van der Waals surface area contributed by atoms with Crippen molar-refractivity contribution in [1.29, 1.82) is 0 Å². The number of fused-ring (bicyclic) bond motifs is 1. The quantitative estimate of drug-likeness (QED) is 0.797. The monoisotopic (exact) mass is 329 g/mol. The van der Waals surface area contributed by atoms with Crippen molar-refractivity contribution in [2.75, 3.05) is 6.54 Å². The molecule has 0 atom stereocenters. The topological polar surface area (TPSA) is 43.8 Å². The summed E-state index contributed by atoms with van der Waals surface area (Å²) in [6.45, 7) is 1.50. The molecule has 0 aliphatic heterocycles. The Hall–Kier alpha value is -1.65. The number of rotatable bonds is 4. The number of halogens is 1. The van der Waals surface area contributed by atoms with Crippen LogP contribution in [0.15, 0.2) is 53.4 Å². The van der Waals surface area contributed by atoms with Gasteiger partial charge in [-0.15, -0.1) is 0 Å². The Morgan fingerprint density at radius 3 is 2.90 bits per heavy atom. The molecule has 0 aliphatic rings. The fourth-order valence-electron chi connectivity index (χ4n) is 2.54. The van der Waals surface area contributed by atoms with Crippen LogP contribution >= 0.6 is 15.9 Å². The zero-order valence-electron chi connectivity index (χ0n) is 11.1. The van der Waals surface area contributed by atoms with E-state index in [1.165, 1.54) is 22.0 Å². The Labute approximate surface area is 126 Å². The molecular weight excluding hydrogens is 314 g/mol. The van der Waals surface area contributed by atoms with Crippen molar-refractivity contribution < 1.29 is 0 Å². The van der Waals surface area contributed by atoms with Crippen molar-refractivity contribution in [2.24, 2.45) is 5.73 Å². The second kappa shape index (κ2) is 5.77. The van der Waals surface area contributed by atoms with E-state index in [2.05, 4.69) is 62.0 Å². The first-order valence-corrected chi connectivity index (χ1v) is 7.43. The predicted molar refractivity (Wildman–Crippen MR) is 85.7 cm³/mol. The first-order chi connectivity index (χ1) is 9.78. The third-order valence-corrected chi connectivity index (χ3v) is 3.87. The van der Waals surface area contributed by atoms with E-state index in [1.807, 2.05) is 6.20 Å². The van der Waals surface area contributed by atoms with Gasteiger partial charge in [-0.25, -0.2) is 0 Å². The van der Waals surface area contributed by atoms with E-state index < -0.39 is 0 Å². The van der Waals surface area contributed by atoms with Crippen LogP contribution in [0.5, 0.6) is 0 Å². The lowest BCUT2D eigenvalue weighted by Gasteiger charge is -2.07. The first kappa shape index (κ1) is 13.3. The third-order valence-electron chi connectivity index (χ3n) is 3.43. The molecule has 0 aliphatic carbocycles. The van der Waals surface area contributed by atoms with Crippen LogP contribution in [-0.4, -0.2) is 16.1 Å². The minimum Gasteiger partial charge on any atom is -0.343 e. The van der Waals surface area contributed by atoms with Gasteiger partial charge in [0.05, 0.1) is 0 Å². The summed E-state index contributed by atoms with van der Waals surface area (Å²) in [5, 5.41) is 1.29. The molecule has 3 nitrogen and oxygen atoms in total. The highest BCUT2D eigenvalue weighted by Gasteiger charge is 2.06. The number of pyridine rings is 1. The Kier molecular flexibility index (Phi) is 3.85. The van der Waals surface area contributed by atoms with Crippen molar-refractivity contribution in [3.05, 3.63) is 64.5 Å². The summed E-state index contributed by atoms with van der Waals surface area (Å²) in [7, 11) is 0. The summed E-state index contributed by atoms with van der Waals surface area (Å²) in [4.78, 5) is 4.22. The molecule has 102 valence electrons. The molecule has 20 heavy (non-hydrogen) atoms. The maximum Gasteiger partial charge on any atom is 0.0491 e. The number of aromatic nitrogens is 2. The predicted octanol–water partition coefficient (Wildman–Crippen LogP) is 3.35. The molecule has 1 aromatic carbocycles. The Balaban J connectivity index is 1.98. The lowest BCUT2D eigenvalue weighted by Crippen LogP contribution is -2.03. The standard InChI is InChI=1S/C16H16BrN3/c17-14-8-12(9-19-10-14)11-20-7-5-15-13(4-6-18)2-1-3-16(15)20/h1-3,5,7-10H,4,6,11,18H2. The van der Waals surface area contributed by atoms with E-state index in [9.17, 15) is 0 Å². The molecule has 2 N–H and O–H groups in total. The van der Waals surface area contributed by atoms with Gasteiger partial charge in [0.25, 0.3) is 0 Å². The van der Waals surface area contributed by atoms with Gasteiger partial charge in [0, 0.05) is 40.5 Å². The van der Waals surface area contributed by atoms with Crippen LogP contribution in [0.3, 0.4) is 0 Å². The molecule has 0 bridgehead atoms. The van der Waals surface area contributed by atoms with E-state index in [-0.39, 0.29) is 0 Å². The number of hydrogen-bond donors (Lipinski definition) is 1. The Bertz CT molecular complexity index is 733. The lowest BCUT2D eigenvalue weighted by molar-refractivity contribution is 0.830. The Morgan fingerprint density at radius 2 is 2.10 bits per heavy atom. The highest BCUT2D eigenvalue weighted by Crippen LogP contribution is 2.22. The highest BCUT2D eigenvalue weighted by molar-refractivity contribution is 9.10. The molecule has 4 heteroatoms. The van der Waals surface area contributed by atoms with Crippen LogP contribution in [0.1, 0.15) is 11.1 Å². The third kappa shape index (κ3) is 2.62. The van der Waals surface area contributed by atoms with Crippen LogP contribution in [0.2, 0.25) is 0 Å². The normalized spacial score (nSPS) is 11.1. The summed E-state index contributed by atoms with van der Waals surface area (Å²) in [6.07, 6.45) is 6.75. The summed E-state index contributed by atoms with van der Waals surface area (Å²) < 4.78 is 3.26. The summed E-state index contributed by atoms with van der Waals surface area (Å²) >= 11 is 3.46. The van der Waals surface area contributed by atoms with Crippen molar-refractivity contribution >= 4 is 26.8 Å². The zero-order valence-corrected chi connectivity index (χ0v) is 12.7. The second-order valence-corrected chi connectivity index (χ2v) is 5.76. The molecule has 0 radical (unpaired) electrons. The first-order valence-electron chi connectivity index (χ1n) is 6.64. The largest absolute Gasteiger partial charge is 0.343 e. The molecule has 0 amide bonds. The van der Waals surface area contributed by atoms with Crippen LogP contribution in [0.4, 0.5) is 0 Å². The number of nitrogens with two attached hydrogens (primary N) is 1. The highest BCUT2D eigenvalue weighted by atomic mass is 79.9. The molecule has 2 aromatic heterocycles. The minimum absolute atomic E-state index is 0.680. The van der Waals surface area contributed by atoms with E-state index in [0.717, 1.165) is 17.4 Å². The molecule has 0 spiro atoms. The van der Waals surface area contributed by atoms with Crippen LogP contribution in [0.25, 0.3) is 10.9 Å². The lowest BCUT2D eigenvalue weighted by atomic mass is 10.1. The van der Waals surface area contributed by atoms with Gasteiger partial charge >= 0.3 is 0 Å². The van der Waals surface area contributed by atoms with Gasteiger partial charge in [-0.05, 0) is 58.2 Å². The maximum absolute atomic E-state index is 5.68. The molecule has 0 saturated heterocycles. The van der Waals surface area contributed by atoms with E-state index >= 15 is 0 Å². The average molecular weight is 330 g/mol. The van der Waals surface area contributed by atoms with Gasteiger partial charge in [-0.3, -0.25) is 4.98 Å². The Morgan fingerprint density at radius 1 is 1.20 bits per heavy atom. The molecule has 3 aromatic rings. The molecule has 0 fully saturated rings. The minimum atomic E-state index is 0.680. The van der Waals surface area contributed by atoms with Crippen LogP contribution in [-0.2, 0) is 13.0 Å². The molecule has 2 heterocycles. The van der Waals surface area contributed by atoms with Gasteiger partial charge in [0.1, 0.15) is 0 Å². The molecule has 3 rings (SSSR count). The maximum atomic E-state index is 5.68. The van der Waals surface area contributed by atoms with E-state index in [1.54, 1.807) is 6.20 Å². The van der Waals surface area contributed by atoms with Gasteiger partial charge < -0.3 is 10.3 Å². The summed E-state index contributed by atoms with van der Waals surface area (Å²) in [5.74, 6) is 0. The van der Waals surface area contributed by atoms with E-state index in [0.29, 0.717) is 6.54 Å². The molecular formula is C16H16BrN3. The van der Waals surface area contributed by atoms with Crippen LogP contribution < -0.4 is 5.73 Å². The van der Waals surface area contributed by atoms with Crippen molar-refractivity contribution in [2.45, 2.75) is 13.0 Å². The number of hydrogen-bond acceptors (Lipinski definition) is 2. The van der Waals surface area contributed by atoms with Gasteiger partial charge in [-0.1, -0.05) is 12.1 Å². The fraction of sp³-hybridized carbons (Fsp3) is 0.188. The molecule has 0 unspecified atom stereocenters. The van der Waals surface area contributed by atoms with Gasteiger partial charge in [0.2, 0.25) is 0 Å². The summed E-state index contributed by atoms with van der Waals surface area (Å²) in [5.41, 5.74) is 9.42. The number of nitrogens with zero attached hydrogens (tertiary/aromatic N) is 2. The zero-order chi connectivity index (χ0) is 13.9. The van der Waals surface area contributed by atoms with Crippen molar-refractivity contribution in [1.82, 2.24) is 9.55 Å². The van der Waals surface area contributed by atoms with Gasteiger partial charge in [0.15, 0.2) is 0 Å². The average Bonchev–Trinajstić information content (AvgIpc) is 2.84. The second-order valence-electron chi connectivity index (χ2n) is 4.84. The SMILES string of the molecule is NCCc1cccc2c1ccn2Cc1cncc(Br)c1. The van der Waals surface area contributed by atoms with Crippen molar-refractivity contribution in [3.63, 3.8) is 0 Å². The smallest absolute Gasteiger partial charge is 0.0491 e. The van der Waals surface area contributed by atoms with Gasteiger partial charge in [-0.2, -0.15) is 0 Å². The number of benzene rings is 1. The molecule has 0 saturated carbocycles. The van der Waals surface area contributed by atoms with E-state index in [4.69, 9.17) is 5.73 Å².